The highest BCUT2D eigenvalue weighted by atomic mass is 79.9. The van der Waals surface area contributed by atoms with Gasteiger partial charge in [0.1, 0.15) is 5.00 Å². The van der Waals surface area contributed by atoms with Gasteiger partial charge in [0.05, 0.1) is 22.8 Å². The molecular formula is C20H18BrN3O5S2. The van der Waals surface area contributed by atoms with Gasteiger partial charge < -0.3 is 14.5 Å². The predicted octanol–water partition coefficient (Wildman–Crippen LogP) is 4.98. The van der Waals surface area contributed by atoms with E-state index in [4.69, 9.17) is 9.15 Å². The number of hydrogen-bond acceptors (Lipinski definition) is 9. The van der Waals surface area contributed by atoms with Crippen LogP contribution in [0.5, 0.6) is 0 Å². The number of nitrogens with zero attached hydrogens (tertiary/aromatic N) is 2. The van der Waals surface area contributed by atoms with Gasteiger partial charge in [0.25, 0.3) is 5.22 Å². The Kier molecular flexibility index (Phi) is 7.63. The second-order valence-electron chi connectivity index (χ2n) is 6.25. The molecule has 8 nitrogen and oxygen atoms in total. The van der Waals surface area contributed by atoms with Crippen LogP contribution in [0.1, 0.15) is 39.4 Å². The highest BCUT2D eigenvalue weighted by molar-refractivity contribution is 9.10. The van der Waals surface area contributed by atoms with E-state index in [1.165, 1.54) is 6.92 Å². The summed E-state index contributed by atoms with van der Waals surface area (Å²) in [5.41, 5.74) is 1.46. The molecule has 0 aliphatic heterocycles. The average molecular weight is 524 g/mol. The fourth-order valence-corrected chi connectivity index (χ4v) is 4.59. The monoisotopic (exact) mass is 523 g/mol. The lowest BCUT2D eigenvalue weighted by Gasteiger charge is -2.06. The van der Waals surface area contributed by atoms with Crippen molar-refractivity contribution in [2.75, 3.05) is 17.7 Å². The van der Waals surface area contributed by atoms with Gasteiger partial charge in [-0.1, -0.05) is 27.7 Å². The second kappa shape index (κ2) is 10.2. The molecule has 0 spiro atoms. The standard InChI is InChI=1S/C20H18BrN3O5S2/c1-4-28-19(27)15-10(2)16(11(3)25)31-18(15)22-14(26)9-30-20-24-23-17(29-20)12-5-7-13(21)8-6-12/h5-8H,4,9H2,1-3H3,(H,22,26). The predicted molar refractivity (Wildman–Crippen MR) is 122 cm³/mol. The van der Waals surface area contributed by atoms with E-state index < -0.39 is 5.97 Å². The number of ether oxygens (including phenoxy) is 1. The first-order valence-corrected chi connectivity index (χ1v) is 11.7. The van der Waals surface area contributed by atoms with Crippen LogP contribution in [0, 0.1) is 6.92 Å². The van der Waals surface area contributed by atoms with Gasteiger partial charge in [0.15, 0.2) is 5.78 Å². The van der Waals surface area contributed by atoms with Crippen LogP contribution in [-0.2, 0) is 9.53 Å². The van der Waals surface area contributed by atoms with Crippen molar-refractivity contribution in [3.8, 4) is 11.5 Å². The van der Waals surface area contributed by atoms with Gasteiger partial charge in [0, 0.05) is 10.0 Å². The number of ketones is 1. The largest absolute Gasteiger partial charge is 0.462 e. The molecule has 0 bridgehead atoms. The van der Waals surface area contributed by atoms with E-state index in [0.29, 0.717) is 16.3 Å². The van der Waals surface area contributed by atoms with Gasteiger partial charge >= 0.3 is 5.97 Å². The molecule has 1 aromatic carbocycles. The van der Waals surface area contributed by atoms with Crippen molar-refractivity contribution in [3.05, 3.63) is 44.7 Å². The van der Waals surface area contributed by atoms with E-state index in [1.807, 2.05) is 24.3 Å². The summed E-state index contributed by atoms with van der Waals surface area (Å²) >= 11 is 5.49. The van der Waals surface area contributed by atoms with Crippen molar-refractivity contribution in [3.63, 3.8) is 0 Å². The molecule has 1 N–H and O–H groups in total. The number of Topliss-reactive ketones (excluding diaryl/α,β-unsaturated/α-hetero) is 1. The minimum Gasteiger partial charge on any atom is -0.462 e. The zero-order valence-electron chi connectivity index (χ0n) is 16.9. The van der Waals surface area contributed by atoms with Crippen molar-refractivity contribution in [1.82, 2.24) is 10.2 Å². The van der Waals surface area contributed by atoms with E-state index in [-0.39, 0.29) is 39.8 Å². The smallest absolute Gasteiger partial charge is 0.341 e. The topological polar surface area (TPSA) is 111 Å². The van der Waals surface area contributed by atoms with Gasteiger partial charge in [-0.25, -0.2) is 4.79 Å². The number of carbonyl (C=O) groups is 3. The molecule has 0 aliphatic carbocycles. The van der Waals surface area contributed by atoms with Crippen molar-refractivity contribution < 1.29 is 23.5 Å². The van der Waals surface area contributed by atoms with E-state index in [1.54, 1.807) is 13.8 Å². The molecule has 162 valence electrons. The zero-order chi connectivity index (χ0) is 22.5. The van der Waals surface area contributed by atoms with Gasteiger partial charge in [-0.15, -0.1) is 21.5 Å². The molecule has 11 heteroatoms. The maximum absolute atomic E-state index is 12.5. The lowest BCUT2D eigenvalue weighted by atomic mass is 10.1. The summed E-state index contributed by atoms with van der Waals surface area (Å²) in [6.07, 6.45) is 0. The average Bonchev–Trinajstić information content (AvgIpc) is 3.32. The number of hydrogen-bond donors (Lipinski definition) is 1. The molecule has 31 heavy (non-hydrogen) atoms. The summed E-state index contributed by atoms with van der Waals surface area (Å²) in [6.45, 7) is 4.94. The number of nitrogens with one attached hydrogen (secondary N) is 1. The first-order valence-electron chi connectivity index (χ1n) is 9.13. The number of thiophene rings is 1. The lowest BCUT2D eigenvalue weighted by molar-refractivity contribution is -0.113. The second-order valence-corrected chi connectivity index (χ2v) is 9.12. The normalized spacial score (nSPS) is 10.7. The first kappa shape index (κ1) is 23.2. The zero-order valence-corrected chi connectivity index (χ0v) is 20.1. The molecule has 3 aromatic rings. The van der Waals surface area contributed by atoms with Gasteiger partial charge in [0.2, 0.25) is 11.8 Å². The van der Waals surface area contributed by atoms with Crippen molar-refractivity contribution in [2.24, 2.45) is 0 Å². The highest BCUT2D eigenvalue weighted by Gasteiger charge is 2.25. The number of aromatic nitrogens is 2. The maximum Gasteiger partial charge on any atom is 0.341 e. The fraction of sp³-hybridized carbons (Fsp3) is 0.250. The summed E-state index contributed by atoms with van der Waals surface area (Å²) in [7, 11) is 0. The summed E-state index contributed by atoms with van der Waals surface area (Å²) in [6, 6.07) is 7.39. The molecule has 0 saturated carbocycles. The van der Waals surface area contributed by atoms with Crippen molar-refractivity contribution in [2.45, 2.75) is 26.0 Å². The van der Waals surface area contributed by atoms with E-state index in [2.05, 4.69) is 31.4 Å². The molecule has 0 radical (unpaired) electrons. The Balaban J connectivity index is 1.68. The van der Waals surface area contributed by atoms with Crippen LogP contribution in [-0.4, -0.2) is 40.2 Å². The minimum absolute atomic E-state index is 0.0173. The summed E-state index contributed by atoms with van der Waals surface area (Å²) < 4.78 is 11.6. The fourth-order valence-electron chi connectivity index (χ4n) is 2.65. The van der Waals surface area contributed by atoms with Crippen LogP contribution in [0.15, 0.2) is 38.4 Å². The number of amides is 1. The van der Waals surface area contributed by atoms with E-state index in [0.717, 1.165) is 33.1 Å². The molecule has 2 heterocycles. The summed E-state index contributed by atoms with van der Waals surface area (Å²) in [5, 5.41) is 11.2. The Morgan fingerprint density at radius 3 is 2.58 bits per heavy atom. The van der Waals surface area contributed by atoms with Gasteiger partial charge in [-0.2, -0.15) is 0 Å². The number of benzene rings is 1. The third-order valence-electron chi connectivity index (χ3n) is 4.02. The summed E-state index contributed by atoms with van der Waals surface area (Å²) in [4.78, 5) is 37.1. The number of anilines is 1. The SMILES string of the molecule is CCOC(=O)c1c(NC(=O)CSc2nnc(-c3ccc(Br)cc3)o2)sc(C(C)=O)c1C. The molecule has 3 rings (SSSR count). The van der Waals surface area contributed by atoms with Crippen LogP contribution in [0.4, 0.5) is 5.00 Å². The Bertz CT molecular complexity index is 1120. The van der Waals surface area contributed by atoms with Gasteiger partial charge in [-0.3, -0.25) is 9.59 Å². The number of esters is 1. The van der Waals surface area contributed by atoms with Crippen LogP contribution in [0.2, 0.25) is 0 Å². The number of halogens is 1. The van der Waals surface area contributed by atoms with Crippen molar-refractivity contribution >= 4 is 61.7 Å². The molecule has 2 aromatic heterocycles. The Hall–Kier alpha value is -2.50. The van der Waals surface area contributed by atoms with E-state index in [9.17, 15) is 14.4 Å². The number of thioether (sulfide) groups is 1. The van der Waals surface area contributed by atoms with Crippen LogP contribution in [0.3, 0.4) is 0 Å². The molecule has 0 atom stereocenters. The minimum atomic E-state index is -0.581. The summed E-state index contributed by atoms with van der Waals surface area (Å²) in [5.74, 6) is -0.816. The van der Waals surface area contributed by atoms with Crippen LogP contribution < -0.4 is 5.32 Å². The maximum atomic E-state index is 12.5. The quantitative estimate of drug-likeness (QED) is 0.250. The number of carbonyl (C=O) groups excluding carboxylic acids is 3. The third kappa shape index (κ3) is 5.60. The third-order valence-corrected chi connectivity index (χ3v) is 6.68. The Labute approximate surface area is 194 Å². The van der Waals surface area contributed by atoms with Gasteiger partial charge in [-0.05, 0) is 50.6 Å². The first-order chi connectivity index (χ1) is 14.8. The van der Waals surface area contributed by atoms with E-state index >= 15 is 0 Å². The Morgan fingerprint density at radius 2 is 1.94 bits per heavy atom. The van der Waals surface area contributed by atoms with Crippen LogP contribution >= 0.6 is 39.0 Å². The molecule has 0 fully saturated rings. The highest BCUT2D eigenvalue weighted by Crippen LogP contribution is 2.34. The Morgan fingerprint density at radius 1 is 1.23 bits per heavy atom. The molecule has 0 aliphatic rings. The number of rotatable bonds is 8. The van der Waals surface area contributed by atoms with Crippen LogP contribution in [0.25, 0.3) is 11.5 Å². The molecular weight excluding hydrogens is 506 g/mol. The molecule has 0 unspecified atom stereocenters. The molecule has 0 saturated heterocycles. The lowest BCUT2D eigenvalue weighted by Crippen LogP contribution is -2.16. The molecule has 1 amide bonds. The van der Waals surface area contributed by atoms with Crippen molar-refractivity contribution in [1.29, 1.82) is 0 Å².